The first-order valence-corrected chi connectivity index (χ1v) is 8.24. The fourth-order valence-electron chi connectivity index (χ4n) is 2.07. The number of nitrogens with two attached hydrogens (primary N) is 1. The minimum atomic E-state index is -0.0986. The summed E-state index contributed by atoms with van der Waals surface area (Å²) in [6.45, 7) is 8.77. The van der Waals surface area contributed by atoms with Crippen molar-refractivity contribution in [3.8, 4) is 0 Å². The number of thiazole rings is 1. The molecule has 5 nitrogen and oxygen atoms in total. The van der Waals surface area contributed by atoms with Crippen molar-refractivity contribution in [3.63, 3.8) is 0 Å². The Morgan fingerprint density at radius 3 is 2.60 bits per heavy atom. The quantitative estimate of drug-likeness (QED) is 0.647. The Hall–Kier alpha value is -0.980. The molecule has 0 radical (unpaired) electrons. The standard InChI is InChI=1S/C14H26N4OS/c1-3-7-18(8-4-2)9-5-6-16-14(19)12-11-20-13(10-15)17-12/h11H,3-10,15H2,1-2H3,(H,16,19). The Balaban J connectivity index is 2.24. The maximum Gasteiger partial charge on any atom is 0.270 e. The van der Waals surface area contributed by atoms with Crippen LogP contribution in [-0.2, 0) is 6.54 Å². The van der Waals surface area contributed by atoms with Crippen LogP contribution in [0.3, 0.4) is 0 Å². The van der Waals surface area contributed by atoms with E-state index in [0.29, 0.717) is 18.8 Å². The average molecular weight is 298 g/mol. The number of hydrogen-bond donors (Lipinski definition) is 2. The molecular weight excluding hydrogens is 272 g/mol. The lowest BCUT2D eigenvalue weighted by Gasteiger charge is -2.20. The molecule has 0 aromatic carbocycles. The van der Waals surface area contributed by atoms with Gasteiger partial charge in [-0.1, -0.05) is 13.8 Å². The van der Waals surface area contributed by atoms with E-state index in [9.17, 15) is 4.79 Å². The first-order valence-electron chi connectivity index (χ1n) is 7.36. The zero-order chi connectivity index (χ0) is 14.8. The molecule has 1 rings (SSSR count). The number of aromatic nitrogens is 1. The van der Waals surface area contributed by atoms with Gasteiger partial charge in [0.25, 0.3) is 5.91 Å². The summed E-state index contributed by atoms with van der Waals surface area (Å²) in [4.78, 5) is 18.5. The summed E-state index contributed by atoms with van der Waals surface area (Å²) in [7, 11) is 0. The van der Waals surface area contributed by atoms with Crippen LogP contribution < -0.4 is 11.1 Å². The molecule has 0 fully saturated rings. The van der Waals surface area contributed by atoms with Crippen LogP contribution in [0.5, 0.6) is 0 Å². The van der Waals surface area contributed by atoms with E-state index in [1.807, 2.05) is 0 Å². The summed E-state index contributed by atoms with van der Waals surface area (Å²) in [5.74, 6) is -0.0986. The van der Waals surface area contributed by atoms with E-state index in [2.05, 4.69) is 29.0 Å². The van der Waals surface area contributed by atoms with E-state index < -0.39 is 0 Å². The molecule has 0 spiro atoms. The Bertz CT molecular complexity index is 388. The largest absolute Gasteiger partial charge is 0.351 e. The van der Waals surface area contributed by atoms with Crippen LogP contribution in [0, 0.1) is 0 Å². The minimum absolute atomic E-state index is 0.0986. The molecule has 0 atom stereocenters. The van der Waals surface area contributed by atoms with E-state index in [4.69, 9.17) is 5.73 Å². The number of hydrogen-bond acceptors (Lipinski definition) is 5. The van der Waals surface area contributed by atoms with Gasteiger partial charge in [0.15, 0.2) is 0 Å². The van der Waals surface area contributed by atoms with E-state index in [-0.39, 0.29) is 5.91 Å². The zero-order valence-corrected chi connectivity index (χ0v) is 13.3. The first-order chi connectivity index (χ1) is 9.71. The number of carbonyl (C=O) groups excluding carboxylic acids is 1. The number of rotatable bonds is 10. The summed E-state index contributed by atoms with van der Waals surface area (Å²) in [5, 5.41) is 5.47. The van der Waals surface area contributed by atoms with Gasteiger partial charge in [-0.3, -0.25) is 4.79 Å². The highest BCUT2D eigenvalue weighted by Crippen LogP contribution is 2.08. The topological polar surface area (TPSA) is 71.2 Å². The summed E-state index contributed by atoms with van der Waals surface area (Å²) >= 11 is 1.43. The van der Waals surface area contributed by atoms with Crippen LogP contribution in [0.2, 0.25) is 0 Å². The van der Waals surface area contributed by atoms with Gasteiger partial charge in [-0.15, -0.1) is 11.3 Å². The second kappa shape index (κ2) is 9.85. The van der Waals surface area contributed by atoms with E-state index in [1.54, 1.807) is 5.38 Å². The van der Waals surface area contributed by atoms with Crippen LogP contribution in [-0.4, -0.2) is 42.0 Å². The van der Waals surface area contributed by atoms with Gasteiger partial charge in [0, 0.05) is 18.5 Å². The van der Waals surface area contributed by atoms with Crippen molar-refractivity contribution in [1.29, 1.82) is 0 Å². The molecule has 0 unspecified atom stereocenters. The maximum absolute atomic E-state index is 11.8. The molecular formula is C14H26N4OS. The molecule has 114 valence electrons. The van der Waals surface area contributed by atoms with Gasteiger partial charge in [-0.25, -0.2) is 4.98 Å². The number of nitrogens with zero attached hydrogens (tertiary/aromatic N) is 2. The van der Waals surface area contributed by atoms with Gasteiger partial charge in [-0.05, 0) is 38.9 Å². The van der Waals surface area contributed by atoms with Gasteiger partial charge in [0.1, 0.15) is 10.7 Å². The van der Waals surface area contributed by atoms with E-state index in [0.717, 1.165) is 31.1 Å². The maximum atomic E-state index is 11.8. The fourth-order valence-corrected chi connectivity index (χ4v) is 2.73. The molecule has 0 aliphatic carbocycles. The smallest absolute Gasteiger partial charge is 0.270 e. The molecule has 3 N–H and O–H groups in total. The molecule has 1 heterocycles. The molecule has 6 heteroatoms. The van der Waals surface area contributed by atoms with E-state index in [1.165, 1.54) is 24.2 Å². The second-order valence-electron chi connectivity index (χ2n) is 4.78. The monoisotopic (exact) mass is 298 g/mol. The molecule has 0 aliphatic heterocycles. The Kier molecular flexibility index (Phi) is 8.41. The van der Waals surface area contributed by atoms with Crippen LogP contribution >= 0.6 is 11.3 Å². The lowest BCUT2D eigenvalue weighted by Crippen LogP contribution is -2.31. The highest BCUT2D eigenvalue weighted by atomic mass is 32.1. The molecule has 0 saturated carbocycles. The van der Waals surface area contributed by atoms with Crippen molar-refractivity contribution < 1.29 is 4.79 Å². The predicted octanol–water partition coefficient (Wildman–Crippen LogP) is 1.84. The zero-order valence-electron chi connectivity index (χ0n) is 12.5. The highest BCUT2D eigenvalue weighted by Gasteiger charge is 2.09. The molecule has 0 aliphatic rings. The lowest BCUT2D eigenvalue weighted by molar-refractivity contribution is 0.0947. The minimum Gasteiger partial charge on any atom is -0.351 e. The van der Waals surface area contributed by atoms with Gasteiger partial charge in [0.05, 0.1) is 0 Å². The third-order valence-electron chi connectivity index (χ3n) is 2.98. The van der Waals surface area contributed by atoms with Gasteiger partial charge >= 0.3 is 0 Å². The number of amides is 1. The van der Waals surface area contributed by atoms with Crippen molar-refractivity contribution in [3.05, 3.63) is 16.1 Å². The van der Waals surface area contributed by atoms with Crippen molar-refractivity contribution in [2.75, 3.05) is 26.2 Å². The Morgan fingerprint density at radius 1 is 1.35 bits per heavy atom. The highest BCUT2D eigenvalue weighted by molar-refractivity contribution is 7.09. The molecule has 0 saturated heterocycles. The summed E-state index contributed by atoms with van der Waals surface area (Å²) in [5.41, 5.74) is 5.97. The summed E-state index contributed by atoms with van der Waals surface area (Å²) in [6.07, 6.45) is 3.32. The summed E-state index contributed by atoms with van der Waals surface area (Å²) in [6, 6.07) is 0. The Morgan fingerprint density at radius 2 is 2.05 bits per heavy atom. The van der Waals surface area contributed by atoms with Crippen molar-refractivity contribution in [2.45, 2.75) is 39.7 Å². The lowest BCUT2D eigenvalue weighted by atomic mass is 10.3. The van der Waals surface area contributed by atoms with Gasteiger partial charge in [0.2, 0.25) is 0 Å². The molecule has 1 amide bonds. The van der Waals surface area contributed by atoms with Crippen LogP contribution in [0.25, 0.3) is 0 Å². The van der Waals surface area contributed by atoms with Crippen LogP contribution in [0.4, 0.5) is 0 Å². The number of carbonyl (C=O) groups is 1. The third-order valence-corrected chi connectivity index (χ3v) is 3.85. The van der Waals surface area contributed by atoms with E-state index >= 15 is 0 Å². The van der Waals surface area contributed by atoms with Crippen molar-refractivity contribution in [2.24, 2.45) is 5.73 Å². The van der Waals surface area contributed by atoms with Gasteiger partial charge in [-0.2, -0.15) is 0 Å². The molecule has 0 bridgehead atoms. The SMILES string of the molecule is CCCN(CCC)CCCNC(=O)c1csc(CN)n1. The summed E-state index contributed by atoms with van der Waals surface area (Å²) < 4.78 is 0. The first kappa shape index (κ1) is 17.1. The molecule has 1 aromatic heterocycles. The fraction of sp³-hybridized carbons (Fsp3) is 0.714. The normalized spacial score (nSPS) is 11.0. The number of nitrogens with one attached hydrogen (secondary N) is 1. The average Bonchev–Trinajstić information content (AvgIpc) is 2.92. The van der Waals surface area contributed by atoms with Crippen molar-refractivity contribution in [1.82, 2.24) is 15.2 Å². The molecule has 1 aromatic rings. The third kappa shape index (κ3) is 5.98. The second-order valence-corrected chi connectivity index (χ2v) is 5.72. The van der Waals surface area contributed by atoms with Crippen LogP contribution in [0.15, 0.2) is 5.38 Å². The van der Waals surface area contributed by atoms with Crippen molar-refractivity contribution >= 4 is 17.2 Å². The van der Waals surface area contributed by atoms with Crippen LogP contribution in [0.1, 0.15) is 48.6 Å². The Labute approximate surface area is 125 Å². The molecule has 20 heavy (non-hydrogen) atoms. The van der Waals surface area contributed by atoms with Gasteiger partial charge < -0.3 is 16.0 Å². The predicted molar refractivity (Wildman–Crippen MR) is 84.0 cm³/mol.